The quantitative estimate of drug-likeness (QED) is 0.878. The molecule has 6 heteroatoms. The van der Waals surface area contributed by atoms with Gasteiger partial charge in [-0.1, -0.05) is 16.8 Å². The van der Waals surface area contributed by atoms with Gasteiger partial charge in [0.2, 0.25) is 0 Å². The molecule has 0 radical (unpaired) electrons. The third-order valence-electron chi connectivity index (χ3n) is 2.20. The fourth-order valence-electron chi connectivity index (χ4n) is 1.43. The van der Waals surface area contributed by atoms with Crippen LogP contribution in [-0.2, 0) is 6.54 Å². The van der Waals surface area contributed by atoms with E-state index in [1.165, 1.54) is 0 Å². The Morgan fingerprint density at radius 2 is 2.31 bits per heavy atom. The maximum Gasteiger partial charge on any atom is 0.144 e. The summed E-state index contributed by atoms with van der Waals surface area (Å²) in [6, 6.07) is 5.29. The molecule has 1 aromatic carbocycles. The normalized spacial score (nSPS) is 10.4. The molecule has 0 unspecified atom stereocenters. The second-order valence-electron chi connectivity index (χ2n) is 3.16. The number of nitrogens with zero attached hydrogens (tertiary/aromatic N) is 3. The number of hydrogen-bond donors (Lipinski definition) is 1. The Balaban J connectivity index is 2.58. The number of hydrogen-bond acceptors (Lipinski definition) is 4. The van der Waals surface area contributed by atoms with Gasteiger partial charge in [-0.25, -0.2) is 4.68 Å². The number of ether oxygens (including phenoxy) is 1. The number of halogens is 1. The molecule has 0 atom stereocenters. The summed E-state index contributed by atoms with van der Waals surface area (Å²) in [5, 5.41) is 8.37. The Hall–Kier alpha value is -1.59. The third kappa shape index (κ3) is 1.87. The van der Waals surface area contributed by atoms with Crippen LogP contribution in [0.1, 0.15) is 5.69 Å². The van der Waals surface area contributed by atoms with Gasteiger partial charge in [0.1, 0.15) is 11.4 Å². The van der Waals surface area contributed by atoms with Crippen molar-refractivity contribution >= 4 is 11.6 Å². The molecule has 2 aromatic rings. The van der Waals surface area contributed by atoms with Crippen LogP contribution in [0, 0.1) is 0 Å². The molecule has 0 aliphatic carbocycles. The fourth-order valence-corrected chi connectivity index (χ4v) is 1.59. The Morgan fingerprint density at radius 1 is 1.50 bits per heavy atom. The molecule has 0 saturated heterocycles. The summed E-state index contributed by atoms with van der Waals surface area (Å²) in [6.07, 6.45) is 1.61. The first-order valence-corrected chi connectivity index (χ1v) is 5.07. The molecule has 0 amide bonds. The van der Waals surface area contributed by atoms with Crippen LogP contribution in [0.15, 0.2) is 24.4 Å². The van der Waals surface area contributed by atoms with Crippen molar-refractivity contribution in [1.82, 2.24) is 15.0 Å². The average molecular weight is 239 g/mol. The van der Waals surface area contributed by atoms with E-state index < -0.39 is 0 Å². The maximum absolute atomic E-state index is 5.94. The SMILES string of the molecule is COc1ccc(Cl)cc1-n1nncc1CN. The summed E-state index contributed by atoms with van der Waals surface area (Å²) in [5.74, 6) is 0.671. The lowest BCUT2D eigenvalue weighted by atomic mass is 10.3. The summed E-state index contributed by atoms with van der Waals surface area (Å²) in [7, 11) is 1.59. The lowest BCUT2D eigenvalue weighted by Crippen LogP contribution is -2.08. The van der Waals surface area contributed by atoms with Gasteiger partial charge in [0.25, 0.3) is 0 Å². The Labute approximate surface area is 97.8 Å². The topological polar surface area (TPSA) is 66.0 Å². The van der Waals surface area contributed by atoms with Gasteiger partial charge in [0.15, 0.2) is 0 Å². The number of aromatic nitrogens is 3. The van der Waals surface area contributed by atoms with Crippen molar-refractivity contribution in [2.75, 3.05) is 7.11 Å². The van der Waals surface area contributed by atoms with Crippen LogP contribution in [0.3, 0.4) is 0 Å². The first-order chi connectivity index (χ1) is 7.76. The van der Waals surface area contributed by atoms with Crippen molar-refractivity contribution < 1.29 is 4.74 Å². The highest BCUT2D eigenvalue weighted by atomic mass is 35.5. The maximum atomic E-state index is 5.94. The minimum atomic E-state index is 0.350. The summed E-state index contributed by atoms with van der Waals surface area (Å²) in [6.45, 7) is 0.350. The molecule has 1 heterocycles. The molecule has 0 aliphatic heterocycles. The predicted octanol–water partition coefficient (Wildman–Crippen LogP) is 1.39. The minimum Gasteiger partial charge on any atom is -0.494 e. The molecule has 2 rings (SSSR count). The summed E-state index contributed by atoms with van der Waals surface area (Å²) < 4.78 is 6.85. The molecule has 0 saturated carbocycles. The fraction of sp³-hybridized carbons (Fsp3) is 0.200. The van der Waals surface area contributed by atoms with Crippen LogP contribution in [0.4, 0.5) is 0 Å². The highest BCUT2D eigenvalue weighted by Gasteiger charge is 2.10. The van der Waals surface area contributed by atoms with Gasteiger partial charge in [-0.2, -0.15) is 0 Å². The van der Waals surface area contributed by atoms with Crippen molar-refractivity contribution in [3.63, 3.8) is 0 Å². The van der Waals surface area contributed by atoms with E-state index in [4.69, 9.17) is 22.1 Å². The Kier molecular flexibility index (Phi) is 3.07. The smallest absolute Gasteiger partial charge is 0.144 e. The third-order valence-corrected chi connectivity index (χ3v) is 2.43. The second-order valence-corrected chi connectivity index (χ2v) is 3.59. The number of nitrogens with two attached hydrogens (primary N) is 1. The highest BCUT2D eigenvalue weighted by molar-refractivity contribution is 6.30. The number of benzene rings is 1. The van der Waals surface area contributed by atoms with Crippen molar-refractivity contribution in [1.29, 1.82) is 0 Å². The predicted molar refractivity (Wildman–Crippen MR) is 60.8 cm³/mol. The molecule has 0 fully saturated rings. The van der Waals surface area contributed by atoms with Gasteiger partial charge in [0.05, 0.1) is 19.0 Å². The van der Waals surface area contributed by atoms with Crippen molar-refractivity contribution in [3.8, 4) is 11.4 Å². The van der Waals surface area contributed by atoms with Gasteiger partial charge in [-0.05, 0) is 18.2 Å². The first-order valence-electron chi connectivity index (χ1n) is 4.70. The van der Waals surface area contributed by atoms with E-state index >= 15 is 0 Å². The molecular weight excluding hydrogens is 228 g/mol. The van der Waals surface area contributed by atoms with E-state index in [1.54, 1.807) is 36.2 Å². The van der Waals surface area contributed by atoms with Crippen LogP contribution in [0.2, 0.25) is 5.02 Å². The van der Waals surface area contributed by atoms with Gasteiger partial charge < -0.3 is 10.5 Å². The summed E-state index contributed by atoms with van der Waals surface area (Å²) in [5.41, 5.74) is 7.11. The molecule has 84 valence electrons. The van der Waals surface area contributed by atoms with Crippen LogP contribution in [0.25, 0.3) is 5.69 Å². The molecule has 2 N–H and O–H groups in total. The van der Waals surface area contributed by atoms with Crippen molar-refractivity contribution in [2.24, 2.45) is 5.73 Å². The Bertz CT molecular complexity index is 497. The average Bonchev–Trinajstić information content (AvgIpc) is 2.76. The lowest BCUT2D eigenvalue weighted by molar-refractivity contribution is 0.411. The Morgan fingerprint density at radius 3 is 3.00 bits per heavy atom. The van der Waals surface area contributed by atoms with E-state index in [0.29, 0.717) is 17.3 Å². The van der Waals surface area contributed by atoms with Gasteiger partial charge in [-0.15, -0.1) is 5.10 Å². The zero-order valence-electron chi connectivity index (χ0n) is 8.72. The van der Waals surface area contributed by atoms with E-state index in [2.05, 4.69) is 10.3 Å². The first kappa shape index (κ1) is 10.9. The van der Waals surface area contributed by atoms with Crippen molar-refractivity contribution in [3.05, 3.63) is 35.1 Å². The minimum absolute atomic E-state index is 0.350. The van der Waals surface area contributed by atoms with E-state index in [9.17, 15) is 0 Å². The monoisotopic (exact) mass is 238 g/mol. The molecule has 0 bridgehead atoms. The van der Waals surface area contributed by atoms with Crippen LogP contribution < -0.4 is 10.5 Å². The zero-order valence-corrected chi connectivity index (χ0v) is 9.48. The molecule has 16 heavy (non-hydrogen) atoms. The van der Waals surface area contributed by atoms with Crippen molar-refractivity contribution in [2.45, 2.75) is 6.54 Å². The van der Waals surface area contributed by atoms with E-state index in [-0.39, 0.29) is 0 Å². The van der Waals surface area contributed by atoms with Crippen LogP contribution in [0.5, 0.6) is 5.75 Å². The van der Waals surface area contributed by atoms with Gasteiger partial charge >= 0.3 is 0 Å². The van der Waals surface area contributed by atoms with E-state index in [0.717, 1.165) is 11.4 Å². The molecule has 5 nitrogen and oxygen atoms in total. The summed E-state index contributed by atoms with van der Waals surface area (Å²) >= 11 is 5.94. The number of rotatable bonds is 3. The lowest BCUT2D eigenvalue weighted by Gasteiger charge is -2.10. The van der Waals surface area contributed by atoms with Gasteiger partial charge in [-0.3, -0.25) is 0 Å². The van der Waals surface area contributed by atoms with Gasteiger partial charge in [0, 0.05) is 11.6 Å². The largest absolute Gasteiger partial charge is 0.494 e. The molecule has 1 aromatic heterocycles. The number of methoxy groups -OCH3 is 1. The van der Waals surface area contributed by atoms with Crippen LogP contribution >= 0.6 is 11.6 Å². The molecular formula is C10H11ClN4O. The molecule has 0 aliphatic rings. The highest BCUT2D eigenvalue weighted by Crippen LogP contribution is 2.26. The standard InChI is InChI=1S/C10H11ClN4O/c1-16-10-3-2-7(11)4-9(10)15-8(5-12)6-13-14-15/h2-4,6H,5,12H2,1H3. The molecule has 0 spiro atoms. The zero-order chi connectivity index (χ0) is 11.5. The van der Waals surface area contributed by atoms with Crippen LogP contribution in [-0.4, -0.2) is 22.1 Å². The van der Waals surface area contributed by atoms with E-state index in [1.807, 2.05) is 0 Å². The summed E-state index contributed by atoms with van der Waals surface area (Å²) in [4.78, 5) is 0. The second kappa shape index (κ2) is 4.51.